The zero-order valence-corrected chi connectivity index (χ0v) is 17.1. The van der Waals surface area contributed by atoms with Crippen LogP contribution in [0.2, 0.25) is 0 Å². The fraction of sp³-hybridized carbons (Fsp3) is 0.750. The normalized spacial score (nSPS) is 25.7. The topological polar surface area (TPSA) is 80.5 Å². The number of thiazole rings is 1. The van der Waals surface area contributed by atoms with E-state index in [2.05, 4.69) is 29.0 Å². The molecular weight excluding hydrogens is 383 g/mol. The lowest BCUT2D eigenvalue weighted by Crippen LogP contribution is -2.48. The number of nitrogens with zero attached hydrogens (tertiary/aromatic N) is 2. The molecule has 9 heteroatoms. The molecule has 0 radical (unpaired) electrons. The van der Waals surface area contributed by atoms with Gasteiger partial charge in [0.1, 0.15) is 0 Å². The summed E-state index contributed by atoms with van der Waals surface area (Å²) in [6, 6.07) is 0. The van der Waals surface area contributed by atoms with E-state index in [1.165, 1.54) is 11.3 Å². The Hall–Kier alpha value is -0.440. The zero-order valence-electron chi connectivity index (χ0n) is 14.7. The van der Waals surface area contributed by atoms with Gasteiger partial charge in [-0.2, -0.15) is 0 Å². The first-order chi connectivity index (χ1) is 10.9. The van der Waals surface area contributed by atoms with Gasteiger partial charge in [-0.25, -0.2) is 4.98 Å². The fourth-order valence-corrected chi connectivity index (χ4v) is 4.23. The number of morpholine rings is 1. The number of rotatable bonds is 4. The van der Waals surface area contributed by atoms with Crippen LogP contribution in [0.15, 0.2) is 5.38 Å². The number of nitrogens with two attached hydrogens (primary N) is 1. The molecule has 1 saturated carbocycles. The van der Waals surface area contributed by atoms with Crippen molar-refractivity contribution in [1.29, 1.82) is 0 Å². The highest BCUT2D eigenvalue weighted by atomic mass is 35.5. The molecule has 1 aromatic rings. The van der Waals surface area contributed by atoms with E-state index in [1.54, 1.807) is 0 Å². The lowest BCUT2D eigenvalue weighted by atomic mass is 9.98. The minimum atomic E-state index is -0.707. The first kappa shape index (κ1) is 22.6. The Morgan fingerprint density at radius 3 is 2.56 bits per heavy atom. The van der Waals surface area contributed by atoms with E-state index in [9.17, 15) is 4.79 Å². The number of hydrogen-bond donors (Lipinski definition) is 2. The molecule has 1 aromatic heterocycles. The molecule has 2 aliphatic rings. The van der Waals surface area contributed by atoms with Crippen molar-refractivity contribution < 1.29 is 9.53 Å². The van der Waals surface area contributed by atoms with Crippen LogP contribution in [0.3, 0.4) is 0 Å². The minimum Gasteiger partial charge on any atom is -0.373 e. The first-order valence-electron chi connectivity index (χ1n) is 8.37. The number of ether oxygens (including phenoxy) is 1. The molecule has 3 rings (SSSR count). The molecule has 0 bridgehead atoms. The largest absolute Gasteiger partial charge is 0.373 e. The van der Waals surface area contributed by atoms with Gasteiger partial charge in [0, 0.05) is 25.0 Å². The van der Waals surface area contributed by atoms with Crippen LogP contribution in [0.4, 0.5) is 5.13 Å². The number of halogens is 2. The summed E-state index contributed by atoms with van der Waals surface area (Å²) in [5, 5.41) is 5.56. The van der Waals surface area contributed by atoms with E-state index in [0.29, 0.717) is 5.13 Å². The van der Waals surface area contributed by atoms with Crippen LogP contribution in [-0.4, -0.2) is 46.6 Å². The van der Waals surface area contributed by atoms with Gasteiger partial charge in [0.15, 0.2) is 5.13 Å². The Labute approximate surface area is 165 Å². The summed E-state index contributed by atoms with van der Waals surface area (Å²) < 4.78 is 5.75. The molecule has 1 amide bonds. The summed E-state index contributed by atoms with van der Waals surface area (Å²) in [5.41, 5.74) is 6.46. The Bertz CT molecular complexity index is 556. The van der Waals surface area contributed by atoms with Gasteiger partial charge >= 0.3 is 0 Å². The monoisotopic (exact) mass is 410 g/mol. The molecule has 1 aliphatic carbocycles. The van der Waals surface area contributed by atoms with Gasteiger partial charge in [0.05, 0.1) is 23.4 Å². The third-order valence-corrected chi connectivity index (χ3v) is 5.41. The minimum absolute atomic E-state index is 0. The summed E-state index contributed by atoms with van der Waals surface area (Å²) in [7, 11) is 0. The number of nitrogens with one attached hydrogen (secondary N) is 1. The summed E-state index contributed by atoms with van der Waals surface area (Å²) in [6.45, 7) is 6.80. The zero-order chi connectivity index (χ0) is 16.4. The van der Waals surface area contributed by atoms with Crippen molar-refractivity contribution in [2.45, 2.75) is 63.8 Å². The second-order valence-corrected chi connectivity index (χ2v) is 7.77. The van der Waals surface area contributed by atoms with Crippen LogP contribution < -0.4 is 11.1 Å². The van der Waals surface area contributed by atoms with Crippen LogP contribution >= 0.6 is 36.2 Å². The highest BCUT2D eigenvalue weighted by Gasteiger charge is 2.37. The number of hydrogen-bond acceptors (Lipinski definition) is 6. The smallest absolute Gasteiger partial charge is 0.246 e. The van der Waals surface area contributed by atoms with Gasteiger partial charge in [0.25, 0.3) is 0 Å². The summed E-state index contributed by atoms with van der Waals surface area (Å²) >= 11 is 1.47. The molecule has 0 spiro atoms. The summed E-state index contributed by atoms with van der Waals surface area (Å²) in [4.78, 5) is 19.2. The standard InChI is InChI=1S/C16H26N4O2S.2ClH/c1-11-7-20(8-12(2)22-11)9-13-10-23-15(18-13)19-14(21)16(17)5-3-4-6-16;;/h10-12H,3-9,17H2,1-2H3,(H,18,19,21);2*1H. The maximum absolute atomic E-state index is 12.3. The fourth-order valence-electron chi connectivity index (χ4n) is 3.53. The lowest BCUT2D eigenvalue weighted by Gasteiger charge is -2.34. The number of carbonyl (C=O) groups is 1. The Balaban J connectivity index is 0.00000156. The molecule has 2 atom stereocenters. The third kappa shape index (κ3) is 5.77. The maximum Gasteiger partial charge on any atom is 0.246 e. The van der Waals surface area contributed by atoms with Crippen LogP contribution in [0, 0.1) is 0 Å². The molecular formula is C16H28Cl2N4O2S. The summed E-state index contributed by atoms with van der Waals surface area (Å²) in [6.07, 6.45) is 4.08. The van der Waals surface area contributed by atoms with Crippen molar-refractivity contribution in [3.63, 3.8) is 0 Å². The van der Waals surface area contributed by atoms with Crippen LogP contribution in [-0.2, 0) is 16.1 Å². The van der Waals surface area contributed by atoms with Gasteiger partial charge in [-0.1, -0.05) is 12.8 Å². The molecule has 2 heterocycles. The van der Waals surface area contributed by atoms with Crippen molar-refractivity contribution in [3.8, 4) is 0 Å². The van der Waals surface area contributed by atoms with Crippen LogP contribution in [0.5, 0.6) is 0 Å². The summed E-state index contributed by atoms with van der Waals surface area (Å²) in [5.74, 6) is -0.0930. The van der Waals surface area contributed by atoms with Crippen molar-refractivity contribution in [2.24, 2.45) is 5.73 Å². The Kier molecular flexibility index (Phi) is 8.57. The van der Waals surface area contributed by atoms with Crippen molar-refractivity contribution in [2.75, 3.05) is 18.4 Å². The van der Waals surface area contributed by atoms with E-state index in [1.807, 2.05) is 5.38 Å². The Morgan fingerprint density at radius 2 is 1.96 bits per heavy atom. The lowest BCUT2D eigenvalue weighted by molar-refractivity contribution is -0.121. The highest BCUT2D eigenvalue weighted by Crippen LogP contribution is 2.29. The van der Waals surface area contributed by atoms with Crippen LogP contribution in [0.25, 0.3) is 0 Å². The molecule has 0 aromatic carbocycles. The van der Waals surface area contributed by atoms with Gasteiger partial charge in [-0.05, 0) is 26.7 Å². The first-order valence-corrected chi connectivity index (χ1v) is 9.25. The van der Waals surface area contributed by atoms with E-state index in [4.69, 9.17) is 10.5 Å². The molecule has 2 unspecified atom stereocenters. The average molecular weight is 411 g/mol. The van der Waals surface area contributed by atoms with Gasteiger partial charge in [-0.15, -0.1) is 36.2 Å². The molecule has 2 fully saturated rings. The van der Waals surface area contributed by atoms with Crippen molar-refractivity contribution in [1.82, 2.24) is 9.88 Å². The molecule has 6 nitrogen and oxygen atoms in total. The van der Waals surface area contributed by atoms with Crippen LogP contribution in [0.1, 0.15) is 45.2 Å². The predicted molar refractivity (Wildman–Crippen MR) is 106 cm³/mol. The maximum atomic E-state index is 12.3. The molecule has 144 valence electrons. The predicted octanol–water partition coefficient (Wildman–Crippen LogP) is 2.81. The molecule has 1 saturated heterocycles. The van der Waals surface area contributed by atoms with Gasteiger partial charge in [0.2, 0.25) is 5.91 Å². The number of amides is 1. The Morgan fingerprint density at radius 1 is 1.36 bits per heavy atom. The second-order valence-electron chi connectivity index (χ2n) is 6.91. The van der Waals surface area contributed by atoms with Gasteiger partial charge in [-0.3, -0.25) is 9.69 Å². The number of anilines is 1. The van der Waals surface area contributed by atoms with E-state index in [0.717, 1.165) is 51.0 Å². The number of aromatic nitrogens is 1. The second kappa shape index (κ2) is 9.48. The molecule has 25 heavy (non-hydrogen) atoms. The van der Waals surface area contributed by atoms with Gasteiger partial charge < -0.3 is 15.8 Å². The SMILES string of the molecule is CC1CN(Cc2csc(NC(=O)C3(N)CCCC3)n2)CC(C)O1.Cl.Cl. The van der Waals surface area contributed by atoms with E-state index >= 15 is 0 Å². The average Bonchev–Trinajstić information content (AvgIpc) is 3.08. The van der Waals surface area contributed by atoms with E-state index in [-0.39, 0.29) is 42.9 Å². The van der Waals surface area contributed by atoms with Crippen molar-refractivity contribution in [3.05, 3.63) is 11.1 Å². The van der Waals surface area contributed by atoms with Crippen molar-refractivity contribution >= 4 is 47.2 Å². The highest BCUT2D eigenvalue weighted by molar-refractivity contribution is 7.13. The quantitative estimate of drug-likeness (QED) is 0.797. The molecule has 1 aliphatic heterocycles. The van der Waals surface area contributed by atoms with E-state index < -0.39 is 5.54 Å². The third-order valence-electron chi connectivity index (χ3n) is 4.60. The number of carbonyl (C=O) groups excluding carboxylic acids is 1. The molecule has 3 N–H and O–H groups in total.